The molecule has 0 aliphatic heterocycles. The number of anilines is 2. The van der Waals surface area contributed by atoms with E-state index in [1.807, 2.05) is 36.4 Å². The summed E-state index contributed by atoms with van der Waals surface area (Å²) < 4.78 is 9.39. The molecule has 2 amide bonds. The fourth-order valence-corrected chi connectivity index (χ4v) is 2.12. The predicted octanol–water partition coefficient (Wildman–Crippen LogP) is 4.27. The van der Waals surface area contributed by atoms with Crippen molar-refractivity contribution in [1.82, 2.24) is 0 Å². The van der Waals surface area contributed by atoms with Gasteiger partial charge in [-0.3, -0.25) is 10.6 Å². The summed E-state index contributed by atoms with van der Waals surface area (Å²) in [6.07, 6.45) is 0.439. The highest BCUT2D eigenvalue weighted by molar-refractivity contribution is 5.84. The summed E-state index contributed by atoms with van der Waals surface area (Å²) in [6, 6.07) is 18.4. The third-order valence-electron chi connectivity index (χ3n) is 3.60. The molecule has 4 N–H and O–H groups in total. The number of carbonyl (C=O) groups excluding carboxylic acids is 2. The Balaban J connectivity index is 0.000000542. The molecule has 0 aromatic heterocycles. The molecule has 2 rings (SSSR count). The van der Waals surface area contributed by atoms with Gasteiger partial charge in [-0.25, -0.2) is 9.59 Å². The normalized spacial score (nSPS) is 8.00. The van der Waals surface area contributed by atoms with Gasteiger partial charge in [-0.15, -0.1) is 0 Å². The highest BCUT2D eigenvalue weighted by atomic mass is 16.6. The molecule has 8 heteroatoms. The molecule has 0 atom stereocenters. The average Bonchev–Trinajstić information content (AvgIpc) is 2.92. The minimum Gasteiger partial charge on any atom is -0.450 e. The molecule has 198 valence electrons. The van der Waals surface area contributed by atoms with Crippen LogP contribution in [0.1, 0.15) is 26.7 Å². The molecule has 0 unspecified atom stereocenters. The van der Waals surface area contributed by atoms with Crippen molar-refractivity contribution in [3.05, 3.63) is 60.7 Å². The molecule has 0 spiro atoms. The summed E-state index contributed by atoms with van der Waals surface area (Å²) in [6.45, 7) is 3.99. The lowest BCUT2D eigenvalue weighted by atomic mass is 10.3. The van der Waals surface area contributed by atoms with Crippen LogP contribution in [-0.2, 0) is 9.47 Å². The summed E-state index contributed by atoms with van der Waals surface area (Å²) >= 11 is 0. The molecule has 0 saturated carbocycles. The van der Waals surface area contributed by atoms with E-state index in [4.69, 9.17) is 19.7 Å². The Kier molecular flexibility index (Phi) is 22.0. The molecule has 38 heavy (non-hydrogen) atoms. The number of unbranched alkanes of at least 4 members (excludes halogenated alkanes) is 1. The summed E-state index contributed by atoms with van der Waals surface area (Å²) in [5.41, 5.74) is 1.49. The van der Waals surface area contributed by atoms with Gasteiger partial charge in [-0.2, -0.15) is 0 Å². The SMILES string of the molecule is CCOC(=O)Nc1ccccc1.CCOC(=O)Nc1ccccc1.OCC#CC#CCCC#CC#CCO. The first-order valence-electron chi connectivity index (χ1n) is 11.7. The molecule has 0 aliphatic carbocycles. The lowest BCUT2D eigenvalue weighted by Gasteiger charge is -2.03. The third kappa shape index (κ3) is 21.7. The van der Waals surface area contributed by atoms with E-state index < -0.39 is 12.2 Å². The molecule has 0 bridgehead atoms. The molecular formula is C30H32N2O6. The fraction of sp³-hybridized carbons (Fsp3) is 0.267. The molecule has 0 aliphatic rings. The molecule has 0 saturated heterocycles. The van der Waals surface area contributed by atoms with Crippen molar-refractivity contribution < 1.29 is 29.3 Å². The number of aliphatic hydroxyl groups excluding tert-OH is 2. The fourth-order valence-electron chi connectivity index (χ4n) is 2.12. The Labute approximate surface area is 224 Å². The zero-order valence-electron chi connectivity index (χ0n) is 21.5. The standard InChI is InChI=1S/C12H10O2.2C9H11NO2/c13-11-9-7-5-3-1-2-4-6-8-10-12-14;2*1-2-12-9(11)10-8-6-4-3-5-7-8/h13-14H,1-2,11-12H2;2*3-7H,2H2,1H3,(H,10,11). The number of nitrogens with one attached hydrogen (secondary N) is 2. The maximum Gasteiger partial charge on any atom is 0.411 e. The number of hydrogen-bond donors (Lipinski definition) is 4. The highest BCUT2D eigenvalue weighted by Gasteiger charge is 1.99. The zero-order valence-corrected chi connectivity index (χ0v) is 21.5. The number of benzene rings is 2. The van der Waals surface area contributed by atoms with E-state index in [9.17, 15) is 9.59 Å². The molecule has 2 aromatic carbocycles. The van der Waals surface area contributed by atoms with Crippen LogP contribution in [0.4, 0.5) is 21.0 Å². The number of rotatable bonds is 5. The number of carbonyl (C=O) groups is 2. The summed E-state index contributed by atoms with van der Waals surface area (Å²) in [7, 11) is 0. The molecule has 0 heterocycles. The van der Waals surface area contributed by atoms with Gasteiger partial charge < -0.3 is 19.7 Å². The van der Waals surface area contributed by atoms with Gasteiger partial charge in [0, 0.05) is 24.2 Å². The number of para-hydroxylation sites is 2. The first kappa shape index (κ1) is 33.1. The summed E-state index contributed by atoms with van der Waals surface area (Å²) in [5, 5.41) is 21.7. The summed E-state index contributed by atoms with van der Waals surface area (Å²) in [4.78, 5) is 21.8. The molecule has 0 fully saturated rings. The van der Waals surface area contributed by atoms with Crippen LogP contribution < -0.4 is 10.6 Å². The van der Waals surface area contributed by atoms with Crippen LogP contribution in [0.25, 0.3) is 0 Å². The van der Waals surface area contributed by atoms with Crippen molar-refractivity contribution in [1.29, 1.82) is 0 Å². The van der Waals surface area contributed by atoms with Crippen molar-refractivity contribution >= 4 is 23.6 Å². The third-order valence-corrected chi connectivity index (χ3v) is 3.60. The van der Waals surface area contributed by atoms with Crippen LogP contribution in [0.5, 0.6) is 0 Å². The average molecular weight is 517 g/mol. The van der Waals surface area contributed by atoms with Crippen LogP contribution in [0.15, 0.2) is 60.7 Å². The van der Waals surface area contributed by atoms with E-state index in [0.717, 1.165) is 11.4 Å². The highest BCUT2D eigenvalue weighted by Crippen LogP contribution is 2.05. The van der Waals surface area contributed by atoms with Gasteiger partial charge in [0.25, 0.3) is 0 Å². The Morgan fingerprint density at radius 3 is 1.29 bits per heavy atom. The van der Waals surface area contributed by atoms with Gasteiger partial charge in [0.1, 0.15) is 13.2 Å². The van der Waals surface area contributed by atoms with E-state index >= 15 is 0 Å². The smallest absolute Gasteiger partial charge is 0.411 e. The van der Waals surface area contributed by atoms with E-state index in [1.54, 1.807) is 38.1 Å². The maximum atomic E-state index is 10.9. The van der Waals surface area contributed by atoms with Crippen LogP contribution >= 0.6 is 0 Å². The Morgan fingerprint density at radius 2 is 0.974 bits per heavy atom. The largest absolute Gasteiger partial charge is 0.450 e. The maximum absolute atomic E-state index is 10.9. The molecule has 2 aromatic rings. The lowest BCUT2D eigenvalue weighted by Crippen LogP contribution is -2.12. The van der Waals surface area contributed by atoms with Gasteiger partial charge in [0.2, 0.25) is 0 Å². The van der Waals surface area contributed by atoms with Gasteiger partial charge in [0.05, 0.1) is 13.2 Å². The molecule has 0 radical (unpaired) electrons. The van der Waals surface area contributed by atoms with Crippen LogP contribution in [0, 0.1) is 47.4 Å². The summed E-state index contributed by atoms with van der Waals surface area (Å²) in [5.74, 6) is 20.5. The predicted molar refractivity (Wildman–Crippen MR) is 149 cm³/mol. The van der Waals surface area contributed by atoms with E-state index in [0.29, 0.717) is 26.1 Å². The Hall–Kier alpha value is -4.86. The topological polar surface area (TPSA) is 117 Å². The first-order chi connectivity index (χ1) is 18.6. The Morgan fingerprint density at radius 1 is 0.632 bits per heavy atom. The van der Waals surface area contributed by atoms with Crippen LogP contribution in [0.3, 0.4) is 0 Å². The van der Waals surface area contributed by atoms with Crippen molar-refractivity contribution in [3.8, 4) is 47.4 Å². The number of ether oxygens (including phenoxy) is 2. The van der Waals surface area contributed by atoms with Crippen molar-refractivity contribution in [3.63, 3.8) is 0 Å². The van der Waals surface area contributed by atoms with Crippen molar-refractivity contribution in [2.45, 2.75) is 26.7 Å². The van der Waals surface area contributed by atoms with Gasteiger partial charge in [0.15, 0.2) is 0 Å². The molecular weight excluding hydrogens is 484 g/mol. The molecule has 8 nitrogen and oxygen atoms in total. The van der Waals surface area contributed by atoms with Crippen molar-refractivity contribution in [2.24, 2.45) is 0 Å². The second-order valence-corrected chi connectivity index (χ2v) is 6.45. The van der Waals surface area contributed by atoms with Crippen LogP contribution in [-0.4, -0.2) is 48.8 Å². The van der Waals surface area contributed by atoms with E-state index in [-0.39, 0.29) is 13.2 Å². The first-order valence-corrected chi connectivity index (χ1v) is 11.7. The van der Waals surface area contributed by atoms with Gasteiger partial charge in [-0.05, 0) is 61.8 Å². The quantitative estimate of drug-likeness (QED) is 0.348. The minimum absolute atomic E-state index is 0.161. The number of hydrogen-bond acceptors (Lipinski definition) is 6. The Bertz CT molecular complexity index is 1070. The van der Waals surface area contributed by atoms with Gasteiger partial charge in [-0.1, -0.05) is 60.1 Å². The van der Waals surface area contributed by atoms with Crippen LogP contribution in [0.2, 0.25) is 0 Å². The monoisotopic (exact) mass is 516 g/mol. The lowest BCUT2D eigenvalue weighted by molar-refractivity contribution is 0.167. The zero-order chi connectivity index (χ0) is 28.1. The van der Waals surface area contributed by atoms with E-state index in [2.05, 4.69) is 58.0 Å². The number of aliphatic hydroxyl groups is 2. The minimum atomic E-state index is -0.413. The second kappa shape index (κ2) is 25.2. The number of amides is 2. The van der Waals surface area contributed by atoms with Crippen molar-refractivity contribution in [2.75, 3.05) is 37.1 Å². The second-order valence-electron chi connectivity index (χ2n) is 6.45. The van der Waals surface area contributed by atoms with Gasteiger partial charge >= 0.3 is 12.2 Å². The van der Waals surface area contributed by atoms with E-state index in [1.165, 1.54) is 0 Å².